The van der Waals surface area contributed by atoms with E-state index in [0.717, 1.165) is 6.07 Å². The highest BCUT2D eigenvalue weighted by Crippen LogP contribution is 2.60. The predicted octanol–water partition coefficient (Wildman–Crippen LogP) is 2.67. The van der Waals surface area contributed by atoms with Crippen LogP contribution in [0.4, 0.5) is 4.39 Å². The second-order valence-corrected chi connectivity index (χ2v) is 7.38. The van der Waals surface area contributed by atoms with Gasteiger partial charge in [-0.25, -0.2) is 4.39 Å². The van der Waals surface area contributed by atoms with Crippen molar-refractivity contribution in [3.8, 4) is 5.75 Å². The van der Waals surface area contributed by atoms with E-state index in [2.05, 4.69) is 10.6 Å². The fourth-order valence-electron chi connectivity index (χ4n) is 3.81. The van der Waals surface area contributed by atoms with Gasteiger partial charge in [0.15, 0.2) is 6.61 Å². The van der Waals surface area contributed by atoms with Crippen LogP contribution in [-0.4, -0.2) is 29.5 Å². The van der Waals surface area contributed by atoms with Gasteiger partial charge in [0, 0.05) is 17.1 Å². The van der Waals surface area contributed by atoms with Crippen LogP contribution in [-0.2, 0) is 4.79 Å². The molecule has 6 nitrogen and oxygen atoms in total. The van der Waals surface area contributed by atoms with Gasteiger partial charge in [-0.2, -0.15) is 0 Å². The minimum Gasteiger partial charge on any atom is -0.484 e. The lowest BCUT2D eigenvalue weighted by atomic mass is 9.44. The van der Waals surface area contributed by atoms with Crippen LogP contribution in [0.5, 0.6) is 5.75 Å². The van der Waals surface area contributed by atoms with E-state index in [-0.39, 0.29) is 40.3 Å². The number of carbonyl (C=O) groups is 2. The smallest absolute Gasteiger partial charge is 0.258 e. The molecule has 0 spiro atoms. The molecule has 1 aromatic carbocycles. The van der Waals surface area contributed by atoms with Gasteiger partial charge in [-0.3, -0.25) is 9.59 Å². The molecule has 26 heavy (non-hydrogen) atoms. The van der Waals surface area contributed by atoms with E-state index in [1.54, 1.807) is 6.07 Å². The van der Waals surface area contributed by atoms with Crippen molar-refractivity contribution in [1.29, 1.82) is 0 Å². The summed E-state index contributed by atoms with van der Waals surface area (Å²) >= 11 is 5.60. The molecule has 0 unspecified atom stereocenters. The maximum absolute atomic E-state index is 13.3. The Labute approximate surface area is 153 Å². The van der Waals surface area contributed by atoms with Crippen molar-refractivity contribution in [1.82, 2.24) is 10.6 Å². The first-order valence-electron chi connectivity index (χ1n) is 8.12. The molecule has 5 rings (SSSR count). The zero-order valence-electron chi connectivity index (χ0n) is 13.7. The van der Waals surface area contributed by atoms with Crippen LogP contribution in [0.3, 0.4) is 0 Å². The molecule has 3 saturated carbocycles. The van der Waals surface area contributed by atoms with Crippen LogP contribution >= 0.6 is 11.6 Å². The maximum atomic E-state index is 13.3. The number of rotatable bonds is 6. The Kier molecular flexibility index (Phi) is 3.91. The molecule has 8 heteroatoms. The Hall–Kier alpha value is -2.54. The fraction of sp³-hybridized carbons (Fsp3) is 0.333. The average Bonchev–Trinajstić information content (AvgIpc) is 3.07. The van der Waals surface area contributed by atoms with E-state index >= 15 is 0 Å². The fourth-order valence-corrected chi connectivity index (χ4v) is 3.92. The third-order valence-electron chi connectivity index (χ3n) is 4.86. The van der Waals surface area contributed by atoms with Gasteiger partial charge in [0.05, 0.1) is 16.8 Å². The molecule has 1 heterocycles. The van der Waals surface area contributed by atoms with Gasteiger partial charge >= 0.3 is 0 Å². The summed E-state index contributed by atoms with van der Waals surface area (Å²) in [7, 11) is 0. The standard InChI is InChI=1S/C18H16ClFN2O4/c19-13-2-1-12(5-14(13)20)26-7-15(23)21-17-8-18(9-17,10-17)22-16(24)11-3-4-25-6-11/h1-6H,7-10H2,(H,21,23)(H,22,24). The average molecular weight is 379 g/mol. The van der Waals surface area contributed by atoms with Crippen molar-refractivity contribution in [2.24, 2.45) is 0 Å². The number of halogens is 2. The summed E-state index contributed by atoms with van der Waals surface area (Å²) in [6.45, 7) is -0.211. The van der Waals surface area contributed by atoms with Gasteiger partial charge in [0.1, 0.15) is 17.8 Å². The van der Waals surface area contributed by atoms with Crippen molar-refractivity contribution in [3.05, 3.63) is 53.2 Å². The summed E-state index contributed by atoms with van der Waals surface area (Å²) in [5.41, 5.74) is -0.0478. The molecule has 3 fully saturated rings. The quantitative estimate of drug-likeness (QED) is 0.809. The molecule has 3 aliphatic carbocycles. The maximum Gasteiger partial charge on any atom is 0.258 e. The van der Waals surface area contributed by atoms with Crippen molar-refractivity contribution in [2.45, 2.75) is 30.3 Å². The SMILES string of the molecule is O=C(COc1ccc(Cl)c(F)c1)NC12CC(NC(=O)c3ccoc3)(C1)C2. The first-order valence-corrected chi connectivity index (χ1v) is 8.50. The Morgan fingerprint density at radius 3 is 2.58 bits per heavy atom. The number of furan rings is 1. The van der Waals surface area contributed by atoms with E-state index in [1.165, 1.54) is 24.7 Å². The Morgan fingerprint density at radius 1 is 1.19 bits per heavy atom. The molecule has 3 aliphatic rings. The molecule has 2 N–H and O–H groups in total. The van der Waals surface area contributed by atoms with E-state index in [9.17, 15) is 14.0 Å². The Bertz CT molecular complexity index is 848. The number of amides is 2. The first kappa shape index (κ1) is 16.9. The normalized spacial score (nSPS) is 25.6. The number of benzene rings is 1. The number of carbonyl (C=O) groups excluding carboxylic acids is 2. The summed E-state index contributed by atoms with van der Waals surface area (Å²) in [6, 6.07) is 5.62. The highest BCUT2D eigenvalue weighted by molar-refractivity contribution is 6.30. The molecular formula is C18H16ClFN2O4. The molecule has 2 bridgehead atoms. The largest absolute Gasteiger partial charge is 0.484 e. The minimum absolute atomic E-state index is 0.00145. The lowest BCUT2D eigenvalue weighted by Gasteiger charge is -2.70. The highest BCUT2D eigenvalue weighted by atomic mass is 35.5. The van der Waals surface area contributed by atoms with E-state index in [4.69, 9.17) is 20.8 Å². The lowest BCUT2D eigenvalue weighted by molar-refractivity contribution is -0.141. The molecule has 1 aromatic heterocycles. The summed E-state index contributed by atoms with van der Waals surface area (Å²) in [5, 5.41) is 5.93. The summed E-state index contributed by atoms with van der Waals surface area (Å²) < 4.78 is 23.5. The van der Waals surface area contributed by atoms with E-state index in [1.807, 2.05) is 0 Å². The van der Waals surface area contributed by atoms with Gasteiger partial charge in [-0.15, -0.1) is 0 Å². The van der Waals surface area contributed by atoms with Crippen LogP contribution < -0.4 is 15.4 Å². The third kappa shape index (κ3) is 3.03. The topological polar surface area (TPSA) is 80.6 Å². The van der Waals surface area contributed by atoms with E-state index in [0.29, 0.717) is 24.8 Å². The van der Waals surface area contributed by atoms with Crippen LogP contribution in [0.25, 0.3) is 0 Å². The molecule has 136 valence electrons. The molecule has 2 amide bonds. The zero-order valence-corrected chi connectivity index (χ0v) is 14.4. The first-order chi connectivity index (χ1) is 12.4. The Morgan fingerprint density at radius 2 is 1.92 bits per heavy atom. The number of hydrogen-bond acceptors (Lipinski definition) is 4. The van der Waals surface area contributed by atoms with Crippen LogP contribution in [0.2, 0.25) is 5.02 Å². The van der Waals surface area contributed by atoms with Crippen molar-refractivity contribution >= 4 is 23.4 Å². The van der Waals surface area contributed by atoms with Gasteiger partial charge in [0.2, 0.25) is 0 Å². The number of ether oxygens (including phenoxy) is 1. The molecular weight excluding hydrogens is 363 g/mol. The van der Waals surface area contributed by atoms with Gasteiger partial charge < -0.3 is 19.8 Å². The third-order valence-corrected chi connectivity index (χ3v) is 5.16. The number of nitrogens with one attached hydrogen (secondary N) is 2. The van der Waals surface area contributed by atoms with Crippen molar-refractivity contribution in [3.63, 3.8) is 0 Å². The summed E-state index contributed by atoms with van der Waals surface area (Å²) in [5.74, 6) is -0.816. The van der Waals surface area contributed by atoms with Gasteiger partial charge in [0.25, 0.3) is 11.8 Å². The van der Waals surface area contributed by atoms with Crippen LogP contribution in [0.15, 0.2) is 41.2 Å². The predicted molar refractivity (Wildman–Crippen MR) is 90.5 cm³/mol. The van der Waals surface area contributed by atoms with Crippen molar-refractivity contribution < 1.29 is 23.1 Å². The summed E-state index contributed by atoms with van der Waals surface area (Å²) in [6.07, 6.45) is 4.90. The molecule has 0 aliphatic heterocycles. The monoisotopic (exact) mass is 378 g/mol. The molecule has 2 aromatic rings. The van der Waals surface area contributed by atoms with E-state index < -0.39 is 5.82 Å². The zero-order chi connectivity index (χ0) is 18.4. The van der Waals surface area contributed by atoms with Crippen LogP contribution in [0.1, 0.15) is 29.6 Å². The van der Waals surface area contributed by atoms with Crippen LogP contribution in [0, 0.1) is 5.82 Å². The van der Waals surface area contributed by atoms with Gasteiger partial charge in [-0.05, 0) is 37.5 Å². The lowest BCUT2D eigenvalue weighted by Crippen LogP contribution is -2.84. The molecule has 0 saturated heterocycles. The van der Waals surface area contributed by atoms with Gasteiger partial charge in [-0.1, -0.05) is 11.6 Å². The molecule has 0 radical (unpaired) electrons. The highest BCUT2D eigenvalue weighted by Gasteiger charge is 2.69. The second kappa shape index (κ2) is 6.02. The Balaban J connectivity index is 1.23. The second-order valence-electron chi connectivity index (χ2n) is 6.97. The van der Waals surface area contributed by atoms with Crippen molar-refractivity contribution in [2.75, 3.05) is 6.61 Å². The summed E-state index contributed by atoms with van der Waals surface area (Å²) in [4.78, 5) is 24.1. The molecule has 0 atom stereocenters. The number of hydrogen-bond donors (Lipinski definition) is 2. The minimum atomic E-state index is -0.598.